The molecule has 218 valence electrons. The summed E-state index contributed by atoms with van der Waals surface area (Å²) < 4.78 is 5.51. The van der Waals surface area contributed by atoms with E-state index in [1.165, 1.54) is 0 Å². The molecule has 0 bridgehead atoms. The van der Waals surface area contributed by atoms with Crippen LogP contribution in [-0.2, 0) is 25.7 Å². The maximum Gasteiger partial charge on any atom is 0.252 e. The van der Waals surface area contributed by atoms with Crippen LogP contribution in [0.25, 0.3) is 10.8 Å². The zero-order valence-electron chi connectivity index (χ0n) is 24.5. The number of nitrogens with zero attached hydrogens (tertiary/aromatic N) is 3. The van der Waals surface area contributed by atoms with Crippen molar-refractivity contribution in [2.45, 2.75) is 58.3 Å². The number of hydrogen-bond donors (Lipinski definition) is 2. The summed E-state index contributed by atoms with van der Waals surface area (Å²) in [6.07, 6.45) is 1.13. The number of carbonyl (C=O) groups excluding carboxylic acids is 3. The molecule has 3 amide bonds. The van der Waals surface area contributed by atoms with Gasteiger partial charge in [0, 0.05) is 19.1 Å². The van der Waals surface area contributed by atoms with Crippen molar-refractivity contribution in [1.82, 2.24) is 10.6 Å². The van der Waals surface area contributed by atoms with Crippen molar-refractivity contribution in [3.05, 3.63) is 71.3 Å². The molecule has 3 aromatic rings. The summed E-state index contributed by atoms with van der Waals surface area (Å²) in [5.74, 6) is -1.10. The Morgan fingerprint density at radius 1 is 1.10 bits per heavy atom. The quantitative estimate of drug-likeness (QED) is 0.468. The lowest BCUT2D eigenvalue weighted by molar-refractivity contribution is -0.130. The second-order valence-corrected chi connectivity index (χ2v) is 11.2. The topological polar surface area (TPSA) is 115 Å². The maximum absolute atomic E-state index is 14.6. The predicted molar refractivity (Wildman–Crippen MR) is 162 cm³/mol. The molecule has 0 saturated carbocycles. The van der Waals surface area contributed by atoms with Crippen molar-refractivity contribution in [3.63, 3.8) is 0 Å². The highest BCUT2D eigenvalue weighted by Crippen LogP contribution is 2.39. The zero-order chi connectivity index (χ0) is 30.0. The summed E-state index contributed by atoms with van der Waals surface area (Å²) in [4.78, 5) is 45.3. The number of benzene rings is 3. The standard InChI is InChI=1S/C33H37N5O4/c1-20-9-11-24-7-5-6-8-26(24)27(20)19-37-28-12-10-23(18-34)17-29(28)38(32(40)25-13-15-42-16-14-25)22(3)30(33(37)41)36-31(39)21(2)35-4/h5-12,17,21-22,25,30,35H,13-16,19H2,1-4H3,(H,36,39)/t21?,22-,30-/m0/s1. The van der Waals surface area contributed by atoms with Crippen molar-refractivity contribution in [2.24, 2.45) is 5.92 Å². The lowest BCUT2D eigenvalue weighted by atomic mass is 9.96. The van der Waals surface area contributed by atoms with Gasteiger partial charge in [0.15, 0.2) is 0 Å². The highest BCUT2D eigenvalue weighted by molar-refractivity contribution is 6.09. The Kier molecular flexibility index (Phi) is 8.57. The Morgan fingerprint density at radius 2 is 1.83 bits per heavy atom. The molecule has 5 rings (SSSR count). The first-order valence-corrected chi connectivity index (χ1v) is 14.5. The number of carbonyl (C=O) groups is 3. The fourth-order valence-electron chi connectivity index (χ4n) is 5.90. The molecule has 2 aliphatic rings. The van der Waals surface area contributed by atoms with Crippen LogP contribution in [0, 0.1) is 24.2 Å². The largest absolute Gasteiger partial charge is 0.381 e. The van der Waals surface area contributed by atoms with Crippen LogP contribution in [0.5, 0.6) is 0 Å². The Morgan fingerprint density at radius 3 is 2.55 bits per heavy atom. The van der Waals surface area contributed by atoms with E-state index in [1.54, 1.807) is 48.9 Å². The summed E-state index contributed by atoms with van der Waals surface area (Å²) in [7, 11) is 1.68. The number of likely N-dealkylation sites (N-methyl/N-ethyl adjacent to an activating group) is 1. The van der Waals surface area contributed by atoms with Gasteiger partial charge in [-0.1, -0.05) is 36.4 Å². The van der Waals surface area contributed by atoms with E-state index in [2.05, 4.69) is 22.8 Å². The first-order valence-electron chi connectivity index (χ1n) is 14.5. The number of anilines is 2. The van der Waals surface area contributed by atoms with E-state index < -0.39 is 18.1 Å². The Labute approximate surface area is 246 Å². The number of ether oxygens (including phenoxy) is 1. The minimum absolute atomic E-state index is 0.140. The number of hydrogen-bond acceptors (Lipinski definition) is 6. The summed E-state index contributed by atoms with van der Waals surface area (Å²) in [5.41, 5.74) is 3.39. The minimum Gasteiger partial charge on any atom is -0.381 e. The first-order chi connectivity index (χ1) is 20.2. The summed E-state index contributed by atoms with van der Waals surface area (Å²) in [6, 6.07) is 17.1. The zero-order valence-corrected chi connectivity index (χ0v) is 24.5. The fraction of sp³-hybridized carbons (Fsp3) is 0.394. The molecule has 9 heteroatoms. The van der Waals surface area contributed by atoms with Gasteiger partial charge in [-0.05, 0) is 80.8 Å². The van der Waals surface area contributed by atoms with E-state index in [0.29, 0.717) is 43.0 Å². The number of amides is 3. The molecular formula is C33H37N5O4. The highest BCUT2D eigenvalue weighted by Gasteiger charge is 2.44. The van der Waals surface area contributed by atoms with Crippen LogP contribution in [0.3, 0.4) is 0 Å². The normalized spacial score (nSPS) is 20.0. The third-order valence-corrected chi connectivity index (χ3v) is 8.60. The molecule has 2 aliphatic heterocycles. The van der Waals surface area contributed by atoms with Gasteiger partial charge in [0.1, 0.15) is 6.04 Å². The summed E-state index contributed by atoms with van der Waals surface area (Å²) in [6.45, 7) is 6.72. The Balaban J connectivity index is 1.69. The molecule has 3 aromatic carbocycles. The third kappa shape index (κ3) is 5.48. The molecule has 9 nitrogen and oxygen atoms in total. The number of fused-ring (bicyclic) bond motifs is 2. The molecule has 0 spiro atoms. The van der Waals surface area contributed by atoms with E-state index in [9.17, 15) is 19.6 Å². The van der Waals surface area contributed by atoms with Gasteiger partial charge in [-0.3, -0.25) is 14.4 Å². The molecule has 1 saturated heterocycles. The molecular weight excluding hydrogens is 530 g/mol. The second kappa shape index (κ2) is 12.3. The van der Waals surface area contributed by atoms with Gasteiger partial charge in [0.25, 0.3) is 5.91 Å². The van der Waals surface area contributed by atoms with Crippen LogP contribution in [-0.4, -0.2) is 56.1 Å². The molecule has 2 N–H and O–H groups in total. The van der Waals surface area contributed by atoms with Crippen molar-refractivity contribution in [3.8, 4) is 6.07 Å². The van der Waals surface area contributed by atoms with E-state index in [4.69, 9.17) is 4.74 Å². The van der Waals surface area contributed by atoms with Crippen LogP contribution in [0.4, 0.5) is 11.4 Å². The summed E-state index contributed by atoms with van der Waals surface area (Å²) in [5, 5.41) is 17.8. The van der Waals surface area contributed by atoms with Gasteiger partial charge in [-0.15, -0.1) is 0 Å². The van der Waals surface area contributed by atoms with Crippen LogP contribution >= 0.6 is 0 Å². The van der Waals surface area contributed by atoms with Crippen LogP contribution < -0.4 is 20.4 Å². The molecule has 3 atom stereocenters. The van der Waals surface area contributed by atoms with Crippen molar-refractivity contribution >= 4 is 39.9 Å². The van der Waals surface area contributed by atoms with Gasteiger partial charge in [-0.2, -0.15) is 5.26 Å². The number of rotatable bonds is 6. The van der Waals surface area contributed by atoms with Crippen molar-refractivity contribution < 1.29 is 19.1 Å². The van der Waals surface area contributed by atoms with E-state index in [0.717, 1.165) is 21.9 Å². The molecule has 42 heavy (non-hydrogen) atoms. The third-order valence-electron chi connectivity index (χ3n) is 8.60. The second-order valence-electron chi connectivity index (χ2n) is 11.2. The monoisotopic (exact) mass is 567 g/mol. The lowest BCUT2D eigenvalue weighted by Gasteiger charge is -2.35. The number of aryl methyl sites for hydroxylation is 1. The van der Waals surface area contributed by atoms with Crippen LogP contribution in [0.1, 0.15) is 43.4 Å². The smallest absolute Gasteiger partial charge is 0.252 e. The SMILES string of the molecule is CNC(C)C(=O)N[C@@H]1C(=O)N(Cc2c(C)ccc3ccccc23)c2ccc(C#N)cc2N(C(=O)C2CCOCC2)[C@H]1C. The molecule has 1 unspecified atom stereocenters. The predicted octanol–water partition coefficient (Wildman–Crippen LogP) is 3.81. The van der Waals surface area contributed by atoms with Gasteiger partial charge in [-0.25, -0.2) is 0 Å². The molecule has 0 aromatic heterocycles. The van der Waals surface area contributed by atoms with Gasteiger partial charge in [0.05, 0.1) is 41.6 Å². The van der Waals surface area contributed by atoms with E-state index in [-0.39, 0.29) is 30.2 Å². The van der Waals surface area contributed by atoms with Gasteiger partial charge >= 0.3 is 0 Å². The fourth-order valence-corrected chi connectivity index (χ4v) is 5.90. The number of nitrogens with one attached hydrogen (secondary N) is 2. The highest BCUT2D eigenvalue weighted by atomic mass is 16.5. The van der Waals surface area contributed by atoms with Crippen molar-refractivity contribution in [2.75, 3.05) is 30.1 Å². The number of nitriles is 1. The molecule has 1 fully saturated rings. The molecule has 2 heterocycles. The van der Waals surface area contributed by atoms with Gasteiger partial charge < -0.3 is 25.2 Å². The Bertz CT molecular complexity index is 1560. The first kappa shape index (κ1) is 29.2. The Hall–Kier alpha value is -4.26. The molecule has 0 aliphatic carbocycles. The van der Waals surface area contributed by atoms with Crippen LogP contribution in [0.2, 0.25) is 0 Å². The minimum atomic E-state index is -1.02. The summed E-state index contributed by atoms with van der Waals surface area (Å²) >= 11 is 0. The van der Waals surface area contributed by atoms with Gasteiger partial charge in [0.2, 0.25) is 11.8 Å². The van der Waals surface area contributed by atoms with E-state index in [1.807, 2.05) is 37.3 Å². The molecule has 0 radical (unpaired) electrons. The lowest BCUT2D eigenvalue weighted by Crippen LogP contribution is -2.60. The van der Waals surface area contributed by atoms with Crippen LogP contribution in [0.15, 0.2) is 54.6 Å². The average Bonchev–Trinajstić information content (AvgIpc) is 3.10. The average molecular weight is 568 g/mol. The van der Waals surface area contributed by atoms with E-state index >= 15 is 0 Å². The van der Waals surface area contributed by atoms with Crippen molar-refractivity contribution in [1.29, 1.82) is 5.26 Å². The maximum atomic E-state index is 14.6.